The topological polar surface area (TPSA) is 15.3 Å². The lowest BCUT2D eigenvalue weighted by atomic mass is 9.91. The largest absolute Gasteiger partial charge is 0.313 e. The number of hydrogen-bond acceptors (Lipinski definition) is 2. The van der Waals surface area contributed by atoms with Crippen LogP contribution in [-0.2, 0) is 0 Å². The molecule has 1 aliphatic heterocycles. The van der Waals surface area contributed by atoms with Gasteiger partial charge in [-0.25, -0.2) is 0 Å². The van der Waals surface area contributed by atoms with Gasteiger partial charge in [0, 0.05) is 31.7 Å². The van der Waals surface area contributed by atoms with E-state index in [1.165, 1.54) is 51.7 Å². The molecule has 0 amide bonds. The third kappa shape index (κ3) is 2.43. The Balaban J connectivity index is 1.48. The summed E-state index contributed by atoms with van der Waals surface area (Å²) in [6.45, 7) is 8.74. The summed E-state index contributed by atoms with van der Waals surface area (Å²) in [5.41, 5.74) is 0.451. The van der Waals surface area contributed by atoms with Gasteiger partial charge in [-0.15, -0.1) is 0 Å². The van der Waals surface area contributed by atoms with Crippen molar-refractivity contribution in [2.45, 2.75) is 58.0 Å². The predicted molar refractivity (Wildman–Crippen MR) is 67.5 cm³/mol. The third-order valence-corrected chi connectivity index (χ3v) is 4.60. The molecule has 2 aliphatic carbocycles. The highest BCUT2D eigenvalue weighted by atomic mass is 15.2. The Labute approximate surface area is 99.8 Å². The second-order valence-electron chi connectivity index (χ2n) is 7.08. The molecule has 0 spiro atoms. The summed E-state index contributed by atoms with van der Waals surface area (Å²) in [5, 5.41) is 3.69. The molecule has 92 valence electrons. The number of nitrogens with one attached hydrogen (secondary N) is 1. The first-order valence-corrected chi connectivity index (χ1v) is 7.10. The van der Waals surface area contributed by atoms with E-state index in [0.29, 0.717) is 5.41 Å². The van der Waals surface area contributed by atoms with Crippen molar-refractivity contribution in [3.8, 4) is 0 Å². The molecule has 3 fully saturated rings. The zero-order valence-corrected chi connectivity index (χ0v) is 10.8. The lowest BCUT2D eigenvalue weighted by molar-refractivity contribution is 0.139. The van der Waals surface area contributed by atoms with E-state index in [-0.39, 0.29) is 0 Å². The van der Waals surface area contributed by atoms with Crippen LogP contribution in [0.2, 0.25) is 0 Å². The van der Waals surface area contributed by atoms with Crippen molar-refractivity contribution in [1.82, 2.24) is 10.2 Å². The Morgan fingerprint density at radius 2 is 2.00 bits per heavy atom. The summed E-state index contributed by atoms with van der Waals surface area (Å²) >= 11 is 0. The molecule has 16 heavy (non-hydrogen) atoms. The highest BCUT2D eigenvalue weighted by molar-refractivity contribution is 4.94. The minimum atomic E-state index is 0.451. The molecular weight excluding hydrogens is 196 g/mol. The molecule has 1 N–H and O–H groups in total. The molecule has 3 rings (SSSR count). The summed E-state index contributed by atoms with van der Waals surface area (Å²) in [6.07, 6.45) is 7.28. The van der Waals surface area contributed by atoms with Crippen molar-refractivity contribution in [2.75, 3.05) is 19.6 Å². The Morgan fingerprint density at radius 1 is 1.19 bits per heavy atom. The van der Waals surface area contributed by atoms with Gasteiger partial charge in [0.15, 0.2) is 0 Å². The first-order valence-electron chi connectivity index (χ1n) is 7.10. The van der Waals surface area contributed by atoms with Crippen LogP contribution in [0.4, 0.5) is 0 Å². The molecule has 0 radical (unpaired) electrons. The van der Waals surface area contributed by atoms with Gasteiger partial charge in [-0.1, -0.05) is 13.8 Å². The monoisotopic (exact) mass is 222 g/mol. The first-order chi connectivity index (χ1) is 7.62. The maximum absolute atomic E-state index is 3.69. The van der Waals surface area contributed by atoms with Crippen LogP contribution in [0.15, 0.2) is 0 Å². The molecule has 1 saturated heterocycles. The molecule has 1 heterocycles. The highest BCUT2D eigenvalue weighted by Crippen LogP contribution is 2.38. The Hall–Kier alpha value is -0.0800. The minimum Gasteiger partial charge on any atom is -0.313 e. The smallest absolute Gasteiger partial charge is 0.00988 e. The van der Waals surface area contributed by atoms with E-state index in [0.717, 1.165) is 18.0 Å². The second kappa shape index (κ2) is 3.99. The summed E-state index contributed by atoms with van der Waals surface area (Å²) < 4.78 is 0. The Kier molecular flexibility index (Phi) is 2.75. The van der Waals surface area contributed by atoms with Gasteiger partial charge in [0.1, 0.15) is 0 Å². The zero-order chi connectivity index (χ0) is 11.2. The van der Waals surface area contributed by atoms with Crippen LogP contribution in [0.5, 0.6) is 0 Å². The van der Waals surface area contributed by atoms with Gasteiger partial charge in [0.2, 0.25) is 0 Å². The fourth-order valence-electron chi connectivity index (χ4n) is 3.53. The van der Waals surface area contributed by atoms with Gasteiger partial charge in [0.05, 0.1) is 0 Å². The molecule has 2 heteroatoms. The van der Waals surface area contributed by atoms with Gasteiger partial charge < -0.3 is 5.32 Å². The molecule has 2 bridgehead atoms. The van der Waals surface area contributed by atoms with E-state index in [1.54, 1.807) is 0 Å². The molecule has 2 saturated carbocycles. The van der Waals surface area contributed by atoms with Crippen molar-refractivity contribution < 1.29 is 0 Å². The van der Waals surface area contributed by atoms with E-state index >= 15 is 0 Å². The number of likely N-dealkylation sites (tertiary alicyclic amines) is 1. The SMILES string of the molecule is CC(C)(CNC1CC1)CN1CC2CCC1C2. The standard InChI is InChI=1S/C14H26N2/c1-14(2,9-15-12-4-5-12)10-16-8-11-3-6-13(16)7-11/h11-13,15H,3-10H2,1-2H3. The van der Waals surface area contributed by atoms with Gasteiger partial charge in [-0.3, -0.25) is 4.90 Å². The summed E-state index contributed by atoms with van der Waals surface area (Å²) in [4.78, 5) is 2.77. The van der Waals surface area contributed by atoms with Gasteiger partial charge in [-0.2, -0.15) is 0 Å². The molecule has 2 atom stereocenters. The van der Waals surface area contributed by atoms with Crippen LogP contribution in [0.1, 0.15) is 46.0 Å². The van der Waals surface area contributed by atoms with Crippen LogP contribution < -0.4 is 5.32 Å². The number of nitrogens with zero attached hydrogens (tertiary/aromatic N) is 1. The van der Waals surface area contributed by atoms with E-state index < -0.39 is 0 Å². The predicted octanol–water partition coefficient (Wildman–Crippen LogP) is 2.25. The lowest BCUT2D eigenvalue weighted by Crippen LogP contribution is -2.44. The van der Waals surface area contributed by atoms with Crippen LogP contribution in [-0.4, -0.2) is 36.6 Å². The van der Waals surface area contributed by atoms with Crippen molar-refractivity contribution in [1.29, 1.82) is 0 Å². The van der Waals surface area contributed by atoms with E-state index in [1.807, 2.05) is 0 Å². The van der Waals surface area contributed by atoms with E-state index in [9.17, 15) is 0 Å². The molecular formula is C14H26N2. The minimum absolute atomic E-state index is 0.451. The van der Waals surface area contributed by atoms with Gasteiger partial charge in [0.25, 0.3) is 0 Å². The van der Waals surface area contributed by atoms with Crippen LogP contribution in [0, 0.1) is 11.3 Å². The highest BCUT2D eigenvalue weighted by Gasteiger charge is 2.39. The summed E-state index contributed by atoms with van der Waals surface area (Å²) in [7, 11) is 0. The maximum Gasteiger partial charge on any atom is 0.00988 e. The fraction of sp³-hybridized carbons (Fsp3) is 1.00. The Morgan fingerprint density at radius 3 is 2.56 bits per heavy atom. The Bertz CT molecular complexity index is 257. The normalized spacial score (nSPS) is 34.9. The number of hydrogen-bond donors (Lipinski definition) is 1. The van der Waals surface area contributed by atoms with Crippen LogP contribution >= 0.6 is 0 Å². The molecule has 0 aromatic heterocycles. The molecule has 2 nitrogen and oxygen atoms in total. The first kappa shape index (κ1) is 11.0. The number of piperidine rings is 1. The van der Waals surface area contributed by atoms with Crippen LogP contribution in [0.3, 0.4) is 0 Å². The molecule has 2 unspecified atom stereocenters. The molecule has 0 aromatic rings. The summed E-state index contributed by atoms with van der Waals surface area (Å²) in [5.74, 6) is 1.04. The van der Waals surface area contributed by atoms with Gasteiger partial charge in [-0.05, 0) is 43.4 Å². The van der Waals surface area contributed by atoms with Crippen LogP contribution in [0.25, 0.3) is 0 Å². The zero-order valence-electron chi connectivity index (χ0n) is 10.8. The summed E-state index contributed by atoms with van der Waals surface area (Å²) in [6, 6.07) is 1.79. The average Bonchev–Trinajstić information content (AvgIpc) is 2.84. The molecule has 3 aliphatic rings. The van der Waals surface area contributed by atoms with Crippen molar-refractivity contribution in [3.05, 3.63) is 0 Å². The number of fused-ring (bicyclic) bond motifs is 2. The quantitative estimate of drug-likeness (QED) is 0.767. The lowest BCUT2D eigenvalue weighted by Gasteiger charge is -2.35. The second-order valence-corrected chi connectivity index (χ2v) is 7.08. The van der Waals surface area contributed by atoms with Crippen molar-refractivity contribution >= 4 is 0 Å². The number of rotatable bonds is 5. The van der Waals surface area contributed by atoms with E-state index in [4.69, 9.17) is 0 Å². The maximum atomic E-state index is 3.69. The van der Waals surface area contributed by atoms with Crippen molar-refractivity contribution in [3.63, 3.8) is 0 Å². The van der Waals surface area contributed by atoms with E-state index in [2.05, 4.69) is 24.1 Å². The third-order valence-electron chi connectivity index (χ3n) is 4.60. The van der Waals surface area contributed by atoms with Gasteiger partial charge >= 0.3 is 0 Å². The molecule has 0 aromatic carbocycles. The van der Waals surface area contributed by atoms with Crippen molar-refractivity contribution in [2.24, 2.45) is 11.3 Å². The average molecular weight is 222 g/mol. The fourth-order valence-corrected chi connectivity index (χ4v) is 3.53.